The fourth-order valence-electron chi connectivity index (χ4n) is 2.61. The summed E-state index contributed by atoms with van der Waals surface area (Å²) in [5.74, 6) is 1.37. The number of carbonyl (C=O) groups is 1. The molecular formula is C15H20N2O3. The van der Waals surface area contributed by atoms with Crippen LogP contribution in [-0.2, 0) is 16.1 Å². The van der Waals surface area contributed by atoms with Gasteiger partial charge in [-0.25, -0.2) is 0 Å². The van der Waals surface area contributed by atoms with Crippen LogP contribution in [0.2, 0.25) is 0 Å². The van der Waals surface area contributed by atoms with E-state index in [-0.39, 0.29) is 12.5 Å². The van der Waals surface area contributed by atoms with Gasteiger partial charge in [0.2, 0.25) is 0 Å². The summed E-state index contributed by atoms with van der Waals surface area (Å²) in [4.78, 5) is 11.3. The second kappa shape index (κ2) is 6.24. The summed E-state index contributed by atoms with van der Waals surface area (Å²) in [6.45, 7) is 3.70. The van der Waals surface area contributed by atoms with Gasteiger partial charge in [-0.1, -0.05) is 6.07 Å². The number of hydrogen-bond donors (Lipinski definition) is 2. The molecule has 5 nitrogen and oxygen atoms in total. The molecule has 2 heterocycles. The Morgan fingerprint density at radius 1 is 1.30 bits per heavy atom. The van der Waals surface area contributed by atoms with Crippen LogP contribution < -0.4 is 15.4 Å². The maximum atomic E-state index is 11.3. The molecule has 1 saturated heterocycles. The zero-order valence-corrected chi connectivity index (χ0v) is 11.5. The van der Waals surface area contributed by atoms with Crippen LogP contribution in [0.15, 0.2) is 18.2 Å². The van der Waals surface area contributed by atoms with E-state index < -0.39 is 0 Å². The molecule has 1 amide bonds. The molecule has 0 aliphatic carbocycles. The third-order valence-electron chi connectivity index (χ3n) is 3.78. The van der Waals surface area contributed by atoms with Crippen molar-refractivity contribution in [2.75, 3.05) is 31.7 Å². The maximum Gasteiger partial charge on any atom is 0.262 e. The van der Waals surface area contributed by atoms with Gasteiger partial charge >= 0.3 is 0 Å². The zero-order chi connectivity index (χ0) is 13.8. The second-order valence-corrected chi connectivity index (χ2v) is 5.35. The highest BCUT2D eigenvalue weighted by Gasteiger charge is 2.16. The van der Waals surface area contributed by atoms with Gasteiger partial charge in [0.15, 0.2) is 6.61 Å². The molecule has 3 rings (SSSR count). The Morgan fingerprint density at radius 3 is 3.00 bits per heavy atom. The summed E-state index contributed by atoms with van der Waals surface area (Å²) in [5, 5.41) is 6.31. The van der Waals surface area contributed by atoms with E-state index >= 15 is 0 Å². The van der Waals surface area contributed by atoms with Crippen molar-refractivity contribution < 1.29 is 14.3 Å². The molecule has 5 heteroatoms. The van der Waals surface area contributed by atoms with Gasteiger partial charge in [0.05, 0.1) is 5.69 Å². The third kappa shape index (κ3) is 3.29. The summed E-state index contributed by atoms with van der Waals surface area (Å²) >= 11 is 0. The molecular weight excluding hydrogens is 256 g/mol. The summed E-state index contributed by atoms with van der Waals surface area (Å²) in [5.41, 5.74) is 1.92. The van der Waals surface area contributed by atoms with Crippen molar-refractivity contribution in [3.8, 4) is 5.75 Å². The van der Waals surface area contributed by atoms with E-state index in [0.29, 0.717) is 5.92 Å². The second-order valence-electron chi connectivity index (χ2n) is 5.35. The minimum Gasteiger partial charge on any atom is -0.482 e. The summed E-state index contributed by atoms with van der Waals surface area (Å²) in [6, 6.07) is 5.93. The molecule has 2 aliphatic rings. The average Bonchev–Trinajstić information content (AvgIpc) is 2.48. The molecule has 0 spiro atoms. The number of hydrogen-bond acceptors (Lipinski definition) is 4. The van der Waals surface area contributed by atoms with Crippen molar-refractivity contribution in [2.45, 2.75) is 19.4 Å². The van der Waals surface area contributed by atoms with Crippen molar-refractivity contribution >= 4 is 11.6 Å². The predicted octanol–water partition coefficient (Wildman–Crippen LogP) is 1.53. The fraction of sp³-hybridized carbons (Fsp3) is 0.533. The number of rotatable bonds is 4. The lowest BCUT2D eigenvalue weighted by Crippen LogP contribution is -2.28. The third-order valence-corrected chi connectivity index (χ3v) is 3.78. The standard InChI is InChI=1S/C15H20N2O3/c18-15-10-20-14-2-1-12(7-13(14)17-15)9-16-8-11-3-5-19-6-4-11/h1-2,7,11,16H,3-6,8-10H2,(H,17,18). The monoisotopic (exact) mass is 276 g/mol. The van der Waals surface area contributed by atoms with E-state index in [0.717, 1.165) is 56.1 Å². The van der Waals surface area contributed by atoms with Gasteiger partial charge in [-0.15, -0.1) is 0 Å². The topological polar surface area (TPSA) is 59.6 Å². The molecule has 2 N–H and O–H groups in total. The van der Waals surface area contributed by atoms with E-state index in [9.17, 15) is 4.79 Å². The van der Waals surface area contributed by atoms with Crippen molar-refractivity contribution in [2.24, 2.45) is 5.92 Å². The number of fused-ring (bicyclic) bond motifs is 1. The predicted molar refractivity (Wildman–Crippen MR) is 75.8 cm³/mol. The first-order chi connectivity index (χ1) is 9.81. The highest BCUT2D eigenvalue weighted by molar-refractivity contribution is 5.95. The molecule has 0 atom stereocenters. The van der Waals surface area contributed by atoms with Crippen molar-refractivity contribution in [3.05, 3.63) is 23.8 Å². The first kappa shape index (κ1) is 13.4. The Bertz CT molecular complexity index is 484. The summed E-state index contributed by atoms with van der Waals surface area (Å²) in [6.07, 6.45) is 2.28. The Morgan fingerprint density at radius 2 is 2.15 bits per heavy atom. The molecule has 1 fully saturated rings. The van der Waals surface area contributed by atoms with Crippen molar-refractivity contribution in [1.82, 2.24) is 5.32 Å². The lowest BCUT2D eigenvalue weighted by molar-refractivity contribution is -0.118. The van der Waals surface area contributed by atoms with Crippen LogP contribution in [0.5, 0.6) is 5.75 Å². The van der Waals surface area contributed by atoms with Crippen LogP contribution >= 0.6 is 0 Å². The van der Waals surface area contributed by atoms with E-state index in [1.54, 1.807) is 0 Å². The largest absolute Gasteiger partial charge is 0.482 e. The molecule has 20 heavy (non-hydrogen) atoms. The normalized spacial score (nSPS) is 19.1. The van der Waals surface area contributed by atoms with Gasteiger partial charge in [-0.05, 0) is 43.0 Å². The van der Waals surface area contributed by atoms with Gasteiger partial charge in [0, 0.05) is 19.8 Å². The van der Waals surface area contributed by atoms with E-state index in [2.05, 4.69) is 10.6 Å². The van der Waals surface area contributed by atoms with Crippen LogP contribution in [0.4, 0.5) is 5.69 Å². The minimum atomic E-state index is -0.0928. The molecule has 0 aromatic heterocycles. The maximum absolute atomic E-state index is 11.3. The van der Waals surface area contributed by atoms with Crippen LogP contribution in [0.25, 0.3) is 0 Å². The van der Waals surface area contributed by atoms with Crippen LogP contribution in [0.1, 0.15) is 18.4 Å². The van der Waals surface area contributed by atoms with Crippen molar-refractivity contribution in [3.63, 3.8) is 0 Å². The molecule has 108 valence electrons. The zero-order valence-electron chi connectivity index (χ0n) is 11.5. The Kier molecular flexibility index (Phi) is 4.18. The van der Waals surface area contributed by atoms with Gasteiger partial charge in [-0.3, -0.25) is 4.79 Å². The Balaban J connectivity index is 1.52. The Hall–Kier alpha value is -1.59. The Labute approximate surface area is 118 Å². The van der Waals surface area contributed by atoms with Gasteiger partial charge in [0.25, 0.3) is 5.91 Å². The van der Waals surface area contributed by atoms with Gasteiger partial charge in [0.1, 0.15) is 5.75 Å². The lowest BCUT2D eigenvalue weighted by atomic mass is 10.0. The smallest absolute Gasteiger partial charge is 0.262 e. The van der Waals surface area contributed by atoms with Crippen LogP contribution in [0, 0.1) is 5.92 Å². The SMILES string of the molecule is O=C1COc2ccc(CNCC3CCOCC3)cc2N1. The molecule has 2 aliphatic heterocycles. The van der Waals surface area contributed by atoms with E-state index in [1.165, 1.54) is 0 Å². The quantitative estimate of drug-likeness (QED) is 0.875. The van der Waals surface area contributed by atoms with E-state index in [4.69, 9.17) is 9.47 Å². The van der Waals surface area contributed by atoms with Gasteiger partial charge < -0.3 is 20.1 Å². The molecule has 1 aromatic rings. The molecule has 0 bridgehead atoms. The number of anilines is 1. The first-order valence-corrected chi connectivity index (χ1v) is 7.15. The number of nitrogens with one attached hydrogen (secondary N) is 2. The number of carbonyl (C=O) groups excluding carboxylic acids is 1. The molecule has 0 saturated carbocycles. The number of amides is 1. The van der Waals surface area contributed by atoms with E-state index in [1.807, 2.05) is 18.2 Å². The fourth-order valence-corrected chi connectivity index (χ4v) is 2.61. The summed E-state index contributed by atoms with van der Waals surface area (Å²) < 4.78 is 10.7. The highest BCUT2D eigenvalue weighted by atomic mass is 16.5. The summed E-state index contributed by atoms with van der Waals surface area (Å²) in [7, 11) is 0. The average molecular weight is 276 g/mol. The minimum absolute atomic E-state index is 0.0928. The number of benzene rings is 1. The number of ether oxygens (including phenoxy) is 2. The van der Waals surface area contributed by atoms with Crippen LogP contribution in [-0.4, -0.2) is 32.3 Å². The first-order valence-electron chi connectivity index (χ1n) is 7.15. The molecule has 1 aromatic carbocycles. The highest BCUT2D eigenvalue weighted by Crippen LogP contribution is 2.28. The lowest BCUT2D eigenvalue weighted by Gasteiger charge is -2.22. The molecule has 0 unspecified atom stereocenters. The van der Waals surface area contributed by atoms with Gasteiger partial charge in [-0.2, -0.15) is 0 Å². The van der Waals surface area contributed by atoms with Crippen LogP contribution in [0.3, 0.4) is 0 Å². The van der Waals surface area contributed by atoms with Crippen molar-refractivity contribution in [1.29, 1.82) is 0 Å². The molecule has 0 radical (unpaired) electrons.